The third kappa shape index (κ3) is 5.77. The summed E-state index contributed by atoms with van der Waals surface area (Å²) in [6.45, 7) is 1.41. The third-order valence-electron chi connectivity index (χ3n) is 5.73. The quantitative estimate of drug-likeness (QED) is 0.329. The van der Waals surface area contributed by atoms with Gasteiger partial charge in [-0.1, -0.05) is 24.3 Å². The van der Waals surface area contributed by atoms with Crippen LogP contribution in [0.3, 0.4) is 0 Å². The monoisotopic (exact) mass is 478 g/mol. The lowest BCUT2D eigenvalue weighted by Gasteiger charge is -2.12. The van der Waals surface area contributed by atoms with Crippen molar-refractivity contribution in [3.63, 3.8) is 0 Å². The summed E-state index contributed by atoms with van der Waals surface area (Å²) in [7, 11) is 4.68. The molecule has 0 spiro atoms. The molecular formula is C28H30O7. The van der Waals surface area contributed by atoms with Crippen molar-refractivity contribution in [2.45, 2.75) is 20.1 Å². The van der Waals surface area contributed by atoms with Crippen LogP contribution in [0.5, 0.6) is 28.7 Å². The van der Waals surface area contributed by atoms with Crippen LogP contribution in [0.15, 0.2) is 36.4 Å². The van der Waals surface area contributed by atoms with Crippen LogP contribution in [0.1, 0.15) is 38.9 Å². The van der Waals surface area contributed by atoms with Crippen LogP contribution >= 0.6 is 0 Å². The molecule has 3 aromatic carbocycles. The molecule has 35 heavy (non-hydrogen) atoms. The average Bonchev–Trinajstić information content (AvgIpc) is 2.87. The Labute approximate surface area is 204 Å². The van der Waals surface area contributed by atoms with Crippen molar-refractivity contribution < 1.29 is 34.6 Å². The fourth-order valence-corrected chi connectivity index (χ4v) is 3.78. The molecule has 0 fully saturated rings. The lowest BCUT2D eigenvalue weighted by molar-refractivity contribution is 0.254. The highest BCUT2D eigenvalue weighted by Crippen LogP contribution is 2.33. The van der Waals surface area contributed by atoms with Gasteiger partial charge in [-0.15, -0.1) is 0 Å². The molecular weight excluding hydrogens is 448 g/mol. The van der Waals surface area contributed by atoms with Crippen molar-refractivity contribution >= 4 is 24.3 Å². The molecule has 0 amide bonds. The van der Waals surface area contributed by atoms with Gasteiger partial charge in [0.25, 0.3) is 0 Å². The summed E-state index contributed by atoms with van der Waals surface area (Å²) >= 11 is 0. The number of aliphatic hydroxyl groups is 2. The maximum absolute atomic E-state index is 10.4. The van der Waals surface area contributed by atoms with Crippen LogP contribution in [0.25, 0.3) is 24.3 Å². The van der Waals surface area contributed by atoms with Gasteiger partial charge in [-0.3, -0.25) is 0 Å². The summed E-state index contributed by atoms with van der Waals surface area (Å²) in [5, 5.41) is 39.9. The van der Waals surface area contributed by atoms with Crippen molar-refractivity contribution in [2.75, 3.05) is 21.3 Å². The number of phenolic OH excluding ortho intramolecular Hbond substituents is 2. The number of ether oxygens (including phenoxy) is 3. The summed E-state index contributed by atoms with van der Waals surface area (Å²) in [6, 6.07) is 10.2. The fourth-order valence-electron chi connectivity index (χ4n) is 3.78. The molecule has 0 saturated carbocycles. The number of aromatic hydroxyl groups is 2. The van der Waals surface area contributed by atoms with E-state index in [2.05, 4.69) is 0 Å². The average molecular weight is 479 g/mol. The van der Waals surface area contributed by atoms with E-state index in [-0.39, 0.29) is 24.7 Å². The summed E-state index contributed by atoms with van der Waals surface area (Å²) < 4.78 is 16.2. The maximum atomic E-state index is 10.4. The van der Waals surface area contributed by atoms with E-state index >= 15 is 0 Å². The summed E-state index contributed by atoms with van der Waals surface area (Å²) in [4.78, 5) is 0. The molecule has 0 atom stereocenters. The van der Waals surface area contributed by atoms with Crippen LogP contribution in [0.2, 0.25) is 0 Å². The highest BCUT2D eigenvalue weighted by molar-refractivity contribution is 5.79. The zero-order valence-corrected chi connectivity index (χ0v) is 20.2. The van der Waals surface area contributed by atoms with Crippen molar-refractivity contribution in [2.24, 2.45) is 0 Å². The molecule has 7 nitrogen and oxygen atoms in total. The van der Waals surface area contributed by atoms with E-state index in [1.165, 1.54) is 13.2 Å². The summed E-state index contributed by atoms with van der Waals surface area (Å²) in [5.41, 5.74) is 4.49. The van der Waals surface area contributed by atoms with Gasteiger partial charge in [0.1, 0.15) is 28.7 Å². The van der Waals surface area contributed by atoms with Crippen LogP contribution < -0.4 is 14.2 Å². The highest BCUT2D eigenvalue weighted by atomic mass is 16.5. The molecule has 0 aliphatic heterocycles. The molecule has 4 N–H and O–H groups in total. The Kier molecular flexibility index (Phi) is 8.41. The van der Waals surface area contributed by atoms with E-state index in [0.717, 1.165) is 11.1 Å². The molecule has 7 heteroatoms. The summed E-state index contributed by atoms with van der Waals surface area (Å²) in [5.74, 6) is 1.68. The molecule has 0 aliphatic rings. The van der Waals surface area contributed by atoms with E-state index in [1.807, 2.05) is 25.1 Å². The normalized spacial score (nSPS) is 11.4. The van der Waals surface area contributed by atoms with Gasteiger partial charge in [0.15, 0.2) is 0 Å². The Morgan fingerprint density at radius 3 is 1.57 bits per heavy atom. The number of rotatable bonds is 9. The minimum atomic E-state index is -0.254. The number of hydrogen-bond donors (Lipinski definition) is 4. The predicted octanol–water partition coefficient (Wildman–Crippen LogP) is 4.76. The van der Waals surface area contributed by atoms with Gasteiger partial charge < -0.3 is 34.6 Å². The number of aliphatic hydroxyl groups excluding tert-OH is 2. The minimum Gasteiger partial charge on any atom is -0.507 e. The largest absolute Gasteiger partial charge is 0.507 e. The standard InChI is InChI=1S/C28H30O7/c1-17-26(33-2)10-19(11-27(17)34-3)6-8-21-13-20(24(31)14-25(21)32)7-5-18-9-22(15-29)23(16-30)28(12-18)35-4/h5-14,29-32H,15-16H2,1-4H3/b7-5+,8-6+. The van der Waals surface area contributed by atoms with Gasteiger partial charge in [-0.05, 0) is 53.9 Å². The Morgan fingerprint density at radius 1 is 0.629 bits per heavy atom. The summed E-state index contributed by atoms with van der Waals surface area (Å²) in [6.07, 6.45) is 6.99. The molecule has 0 aromatic heterocycles. The number of benzene rings is 3. The molecule has 0 bridgehead atoms. The SMILES string of the molecule is COc1cc(/C=C/c2cc(/C=C/c3cc(CO)c(CO)c(OC)c3)c(O)cc2O)cc(OC)c1C. The van der Waals surface area contributed by atoms with Crippen LogP contribution in [-0.2, 0) is 13.2 Å². The third-order valence-corrected chi connectivity index (χ3v) is 5.73. The number of hydrogen-bond acceptors (Lipinski definition) is 7. The fraction of sp³-hybridized carbons (Fsp3) is 0.214. The van der Waals surface area contributed by atoms with Crippen molar-refractivity contribution in [1.82, 2.24) is 0 Å². The topological polar surface area (TPSA) is 109 Å². The van der Waals surface area contributed by atoms with Crippen molar-refractivity contribution in [1.29, 1.82) is 0 Å². The molecule has 0 heterocycles. The first-order chi connectivity index (χ1) is 16.8. The molecule has 0 saturated heterocycles. The van der Waals surface area contributed by atoms with E-state index in [4.69, 9.17) is 14.2 Å². The lowest BCUT2D eigenvalue weighted by Crippen LogP contribution is -1.99. The van der Waals surface area contributed by atoms with E-state index < -0.39 is 0 Å². The van der Waals surface area contributed by atoms with E-state index in [9.17, 15) is 20.4 Å². The van der Waals surface area contributed by atoms with Crippen LogP contribution in [-0.4, -0.2) is 41.8 Å². The van der Waals surface area contributed by atoms with Gasteiger partial charge in [0.2, 0.25) is 0 Å². The lowest BCUT2D eigenvalue weighted by atomic mass is 10.0. The second kappa shape index (κ2) is 11.5. The van der Waals surface area contributed by atoms with Gasteiger partial charge in [0, 0.05) is 28.3 Å². The zero-order valence-electron chi connectivity index (χ0n) is 20.2. The maximum Gasteiger partial charge on any atom is 0.126 e. The highest BCUT2D eigenvalue weighted by Gasteiger charge is 2.11. The molecule has 184 valence electrons. The first-order valence-corrected chi connectivity index (χ1v) is 10.9. The molecule has 0 unspecified atom stereocenters. The Hall–Kier alpha value is -3.94. The van der Waals surface area contributed by atoms with Crippen molar-refractivity contribution in [3.05, 3.63) is 75.3 Å². The second-order valence-electron chi connectivity index (χ2n) is 7.86. The Balaban J connectivity index is 1.95. The van der Waals surface area contributed by atoms with Gasteiger partial charge in [0.05, 0.1) is 34.5 Å². The first kappa shape index (κ1) is 25.7. The molecule has 3 aromatic rings. The zero-order chi connectivity index (χ0) is 25.5. The smallest absolute Gasteiger partial charge is 0.126 e. The second-order valence-corrected chi connectivity index (χ2v) is 7.86. The predicted molar refractivity (Wildman–Crippen MR) is 137 cm³/mol. The van der Waals surface area contributed by atoms with Crippen LogP contribution in [0, 0.1) is 6.92 Å². The van der Waals surface area contributed by atoms with E-state index in [0.29, 0.717) is 45.1 Å². The van der Waals surface area contributed by atoms with Crippen LogP contribution in [0.4, 0.5) is 0 Å². The minimum absolute atomic E-state index is 0.0709. The van der Waals surface area contributed by atoms with E-state index in [1.54, 1.807) is 50.6 Å². The Bertz CT molecular complexity index is 1210. The Morgan fingerprint density at radius 2 is 1.11 bits per heavy atom. The van der Waals surface area contributed by atoms with Gasteiger partial charge in [-0.25, -0.2) is 0 Å². The van der Waals surface area contributed by atoms with Gasteiger partial charge in [-0.2, -0.15) is 0 Å². The molecule has 0 radical (unpaired) electrons. The van der Waals surface area contributed by atoms with Gasteiger partial charge >= 0.3 is 0 Å². The first-order valence-electron chi connectivity index (χ1n) is 10.9. The number of phenols is 2. The number of methoxy groups -OCH3 is 3. The molecule has 3 rings (SSSR count). The van der Waals surface area contributed by atoms with Crippen molar-refractivity contribution in [3.8, 4) is 28.7 Å². The molecule has 0 aliphatic carbocycles.